The van der Waals surface area contributed by atoms with Crippen LogP contribution < -0.4 is 11.1 Å². The fourth-order valence-corrected chi connectivity index (χ4v) is 3.18. The minimum absolute atomic E-state index is 0.00970. The fraction of sp³-hybridized carbons (Fsp3) is 0.533. The first-order valence-electron chi connectivity index (χ1n) is 7.11. The van der Waals surface area contributed by atoms with Gasteiger partial charge in [0.2, 0.25) is 5.91 Å². The summed E-state index contributed by atoms with van der Waals surface area (Å²) in [7, 11) is 0. The standard InChI is InChI=1S/C15H20Cl2N2O2/c1-9-3-2-4-11(5-9)21-8-14(20)19-15-12(17)6-10(16)7-13(15)18/h6-7,9,11H,2-5,8,18H2,1H3,(H,19,20). The van der Waals surface area contributed by atoms with E-state index in [0.717, 1.165) is 19.3 Å². The molecule has 0 saturated heterocycles. The van der Waals surface area contributed by atoms with Crippen LogP contribution in [0.1, 0.15) is 32.6 Å². The first kappa shape index (κ1) is 16.4. The van der Waals surface area contributed by atoms with Crippen LogP contribution in [0, 0.1) is 5.92 Å². The first-order valence-corrected chi connectivity index (χ1v) is 7.87. The van der Waals surface area contributed by atoms with Gasteiger partial charge in [0.1, 0.15) is 6.61 Å². The SMILES string of the molecule is CC1CCCC(OCC(=O)Nc2c(N)cc(Cl)cc2Cl)C1. The highest BCUT2D eigenvalue weighted by Crippen LogP contribution is 2.32. The van der Waals surface area contributed by atoms with E-state index in [9.17, 15) is 4.79 Å². The smallest absolute Gasteiger partial charge is 0.250 e. The Labute approximate surface area is 134 Å². The maximum atomic E-state index is 11.9. The van der Waals surface area contributed by atoms with E-state index >= 15 is 0 Å². The fourth-order valence-electron chi connectivity index (χ4n) is 2.62. The number of hydrogen-bond acceptors (Lipinski definition) is 3. The van der Waals surface area contributed by atoms with Crippen molar-refractivity contribution in [3.63, 3.8) is 0 Å². The Morgan fingerprint density at radius 3 is 2.86 bits per heavy atom. The zero-order chi connectivity index (χ0) is 15.4. The van der Waals surface area contributed by atoms with Gasteiger partial charge in [-0.15, -0.1) is 0 Å². The molecule has 0 aromatic heterocycles. The molecule has 0 spiro atoms. The third kappa shape index (κ3) is 4.77. The molecular weight excluding hydrogens is 311 g/mol. The lowest BCUT2D eigenvalue weighted by Crippen LogP contribution is -2.27. The number of amides is 1. The van der Waals surface area contributed by atoms with E-state index in [-0.39, 0.29) is 18.6 Å². The summed E-state index contributed by atoms with van der Waals surface area (Å²) in [6.45, 7) is 2.22. The van der Waals surface area contributed by atoms with Gasteiger partial charge < -0.3 is 15.8 Å². The molecule has 1 aliphatic carbocycles. The van der Waals surface area contributed by atoms with Crippen molar-refractivity contribution in [2.45, 2.75) is 38.7 Å². The normalized spacial score (nSPS) is 22.0. The van der Waals surface area contributed by atoms with Crippen LogP contribution in [-0.4, -0.2) is 18.6 Å². The van der Waals surface area contributed by atoms with Crippen molar-refractivity contribution in [2.75, 3.05) is 17.7 Å². The molecule has 2 unspecified atom stereocenters. The highest BCUT2D eigenvalue weighted by Gasteiger charge is 2.20. The highest BCUT2D eigenvalue weighted by atomic mass is 35.5. The van der Waals surface area contributed by atoms with Gasteiger partial charge in [0.15, 0.2) is 0 Å². The van der Waals surface area contributed by atoms with Gasteiger partial charge in [-0.2, -0.15) is 0 Å². The predicted octanol–water partition coefficient (Wildman–Crippen LogP) is 4.11. The van der Waals surface area contributed by atoms with E-state index in [2.05, 4.69) is 12.2 Å². The summed E-state index contributed by atoms with van der Waals surface area (Å²) in [5.41, 5.74) is 6.52. The molecule has 1 amide bonds. The number of carbonyl (C=O) groups excluding carboxylic acids is 1. The van der Waals surface area contributed by atoms with Crippen molar-refractivity contribution in [2.24, 2.45) is 5.92 Å². The molecule has 2 rings (SSSR count). The Hall–Kier alpha value is -0.970. The Morgan fingerprint density at radius 2 is 2.19 bits per heavy atom. The number of halogens is 2. The van der Waals surface area contributed by atoms with E-state index in [0.29, 0.717) is 27.3 Å². The summed E-state index contributed by atoms with van der Waals surface area (Å²) < 4.78 is 5.67. The van der Waals surface area contributed by atoms with Crippen molar-refractivity contribution in [1.82, 2.24) is 0 Å². The van der Waals surface area contributed by atoms with Crippen molar-refractivity contribution in [3.8, 4) is 0 Å². The second-order valence-corrected chi connectivity index (χ2v) is 6.45. The molecule has 0 bridgehead atoms. The highest BCUT2D eigenvalue weighted by molar-refractivity contribution is 6.37. The second kappa shape index (κ2) is 7.34. The van der Waals surface area contributed by atoms with Crippen molar-refractivity contribution in [1.29, 1.82) is 0 Å². The number of hydrogen-bond donors (Lipinski definition) is 2. The number of rotatable bonds is 4. The van der Waals surface area contributed by atoms with E-state index < -0.39 is 0 Å². The van der Waals surface area contributed by atoms with Crippen LogP contribution in [-0.2, 0) is 9.53 Å². The third-order valence-corrected chi connectivity index (χ3v) is 4.20. The van der Waals surface area contributed by atoms with Crippen LogP contribution in [0.2, 0.25) is 10.0 Å². The van der Waals surface area contributed by atoms with E-state index in [1.807, 2.05) is 0 Å². The third-order valence-electron chi connectivity index (χ3n) is 3.69. The molecule has 4 nitrogen and oxygen atoms in total. The van der Waals surface area contributed by atoms with E-state index in [1.165, 1.54) is 6.42 Å². The molecular formula is C15H20Cl2N2O2. The van der Waals surface area contributed by atoms with Gasteiger partial charge in [-0.05, 0) is 30.9 Å². The van der Waals surface area contributed by atoms with Gasteiger partial charge in [0.25, 0.3) is 0 Å². The summed E-state index contributed by atoms with van der Waals surface area (Å²) in [5, 5.41) is 3.43. The average Bonchev–Trinajstić information content (AvgIpc) is 2.40. The molecule has 1 aromatic carbocycles. The van der Waals surface area contributed by atoms with Gasteiger partial charge in [0.05, 0.1) is 22.5 Å². The maximum Gasteiger partial charge on any atom is 0.250 e. The number of benzene rings is 1. The molecule has 1 aromatic rings. The Morgan fingerprint density at radius 1 is 1.43 bits per heavy atom. The molecule has 2 atom stereocenters. The zero-order valence-electron chi connectivity index (χ0n) is 12.0. The summed E-state index contributed by atoms with van der Waals surface area (Å²) in [6, 6.07) is 3.09. The number of carbonyl (C=O) groups is 1. The number of anilines is 2. The Balaban J connectivity index is 1.87. The monoisotopic (exact) mass is 330 g/mol. The topological polar surface area (TPSA) is 64.3 Å². The molecule has 21 heavy (non-hydrogen) atoms. The lowest BCUT2D eigenvalue weighted by atomic mass is 9.89. The Bertz CT molecular complexity index is 499. The molecule has 1 aliphatic rings. The van der Waals surface area contributed by atoms with Gasteiger partial charge in [-0.3, -0.25) is 4.79 Å². The van der Waals surface area contributed by atoms with Crippen LogP contribution in [0.15, 0.2) is 12.1 Å². The minimum Gasteiger partial charge on any atom is -0.397 e. The molecule has 116 valence electrons. The van der Waals surface area contributed by atoms with Crippen LogP contribution in [0.5, 0.6) is 0 Å². The quantitative estimate of drug-likeness (QED) is 0.816. The summed E-state index contributed by atoms with van der Waals surface area (Å²) in [4.78, 5) is 11.9. The van der Waals surface area contributed by atoms with Gasteiger partial charge >= 0.3 is 0 Å². The zero-order valence-corrected chi connectivity index (χ0v) is 13.5. The predicted molar refractivity (Wildman–Crippen MR) is 86.9 cm³/mol. The maximum absolute atomic E-state index is 11.9. The summed E-state index contributed by atoms with van der Waals surface area (Å²) in [6.07, 6.45) is 4.59. The van der Waals surface area contributed by atoms with Gasteiger partial charge in [0, 0.05) is 5.02 Å². The average molecular weight is 331 g/mol. The van der Waals surface area contributed by atoms with Crippen LogP contribution >= 0.6 is 23.2 Å². The molecule has 1 saturated carbocycles. The summed E-state index contributed by atoms with van der Waals surface area (Å²) >= 11 is 11.9. The van der Waals surface area contributed by atoms with Crippen molar-refractivity contribution >= 4 is 40.5 Å². The molecule has 0 aliphatic heterocycles. The lowest BCUT2D eigenvalue weighted by molar-refractivity contribution is -0.123. The van der Waals surface area contributed by atoms with E-state index in [1.54, 1.807) is 12.1 Å². The molecule has 6 heteroatoms. The number of nitrogen functional groups attached to an aromatic ring is 1. The first-order chi connectivity index (χ1) is 9.95. The number of nitrogens with two attached hydrogens (primary N) is 1. The van der Waals surface area contributed by atoms with Crippen LogP contribution in [0.25, 0.3) is 0 Å². The molecule has 3 N–H and O–H groups in total. The minimum atomic E-state index is -0.260. The van der Waals surface area contributed by atoms with E-state index in [4.69, 9.17) is 33.7 Å². The molecule has 0 heterocycles. The van der Waals surface area contributed by atoms with Gasteiger partial charge in [-0.25, -0.2) is 0 Å². The van der Waals surface area contributed by atoms with Crippen LogP contribution in [0.4, 0.5) is 11.4 Å². The second-order valence-electron chi connectivity index (χ2n) is 5.60. The van der Waals surface area contributed by atoms with Crippen LogP contribution in [0.3, 0.4) is 0 Å². The largest absolute Gasteiger partial charge is 0.397 e. The number of nitrogens with one attached hydrogen (secondary N) is 1. The van der Waals surface area contributed by atoms with Crippen molar-refractivity contribution in [3.05, 3.63) is 22.2 Å². The molecule has 1 fully saturated rings. The van der Waals surface area contributed by atoms with Crippen molar-refractivity contribution < 1.29 is 9.53 Å². The Kier molecular flexibility index (Phi) is 5.73. The number of ether oxygens (including phenoxy) is 1. The summed E-state index contributed by atoms with van der Waals surface area (Å²) in [5.74, 6) is 0.400. The van der Waals surface area contributed by atoms with Gasteiger partial charge in [-0.1, -0.05) is 43.0 Å². The molecule has 0 radical (unpaired) electrons. The lowest BCUT2D eigenvalue weighted by Gasteiger charge is -2.26.